The Bertz CT molecular complexity index is 1240. The Kier molecular flexibility index (Phi) is 5.63. The molecule has 1 aliphatic heterocycles. The smallest absolute Gasteiger partial charge is 0.280 e. The average Bonchev–Trinajstić information content (AvgIpc) is 3.32. The third-order valence-corrected chi connectivity index (χ3v) is 5.79. The third-order valence-electron chi connectivity index (χ3n) is 4.07. The van der Waals surface area contributed by atoms with Crippen LogP contribution in [0.1, 0.15) is 5.76 Å². The number of halogens is 2. The molecule has 0 aliphatic carbocycles. The lowest BCUT2D eigenvalue weighted by molar-refractivity contribution is -0.384. The van der Waals surface area contributed by atoms with Crippen molar-refractivity contribution >= 4 is 63.5 Å². The largest absolute Gasteiger partial charge is 0.456 e. The number of carbonyl (C=O) groups is 1. The highest BCUT2D eigenvalue weighted by Crippen LogP contribution is 2.35. The van der Waals surface area contributed by atoms with Gasteiger partial charge in [-0.1, -0.05) is 41.4 Å². The summed E-state index contributed by atoms with van der Waals surface area (Å²) in [6, 6.07) is 14.6. The number of aliphatic imine (C=N–C) groups is 1. The number of furan rings is 1. The normalized spacial score (nSPS) is 16.3. The number of amidine groups is 1. The van der Waals surface area contributed by atoms with E-state index in [1.165, 1.54) is 6.07 Å². The van der Waals surface area contributed by atoms with Crippen LogP contribution >= 0.6 is 35.0 Å². The number of rotatable bonds is 4. The second-order valence-corrected chi connectivity index (χ2v) is 7.85. The standard InChI is InChI=1S/C20H11Cl2N3O4S/c21-13-5-3-6-14(18(13)22)23-20-24-19(26)17(30-20)10-11-8-9-16(29-11)12-4-1-2-7-15(12)25(27)28/h1-10H,(H,23,24,26)/b17-10+. The minimum atomic E-state index is -0.472. The number of hydrogen-bond acceptors (Lipinski definition) is 6. The number of carbonyl (C=O) groups excluding carboxylic acids is 1. The summed E-state index contributed by atoms with van der Waals surface area (Å²) in [4.78, 5) is 27.7. The van der Waals surface area contributed by atoms with Crippen molar-refractivity contribution in [1.29, 1.82) is 0 Å². The van der Waals surface area contributed by atoms with Crippen LogP contribution in [-0.2, 0) is 4.79 Å². The molecule has 1 N–H and O–H groups in total. The zero-order valence-corrected chi connectivity index (χ0v) is 17.3. The van der Waals surface area contributed by atoms with Gasteiger partial charge < -0.3 is 9.73 Å². The van der Waals surface area contributed by atoms with Gasteiger partial charge in [-0.25, -0.2) is 4.99 Å². The van der Waals surface area contributed by atoms with Crippen molar-refractivity contribution in [2.24, 2.45) is 4.99 Å². The van der Waals surface area contributed by atoms with Crippen LogP contribution in [-0.4, -0.2) is 16.0 Å². The molecule has 150 valence electrons. The molecular weight excluding hydrogens is 449 g/mol. The molecule has 1 amide bonds. The van der Waals surface area contributed by atoms with Gasteiger partial charge >= 0.3 is 0 Å². The predicted octanol–water partition coefficient (Wildman–Crippen LogP) is 6.05. The van der Waals surface area contributed by atoms with Crippen molar-refractivity contribution in [3.63, 3.8) is 0 Å². The van der Waals surface area contributed by atoms with E-state index < -0.39 is 4.92 Å². The fraction of sp³-hybridized carbons (Fsp3) is 0. The second-order valence-electron chi connectivity index (χ2n) is 6.03. The van der Waals surface area contributed by atoms with Gasteiger partial charge in [-0.15, -0.1) is 0 Å². The molecule has 1 aromatic heterocycles. The summed E-state index contributed by atoms with van der Waals surface area (Å²) in [5.74, 6) is 0.362. The molecule has 1 fully saturated rings. The second kappa shape index (κ2) is 8.35. The maximum absolute atomic E-state index is 12.3. The molecule has 0 bridgehead atoms. The van der Waals surface area contributed by atoms with Crippen LogP contribution in [0.25, 0.3) is 17.4 Å². The van der Waals surface area contributed by atoms with Gasteiger partial charge in [0, 0.05) is 12.1 Å². The SMILES string of the molecule is O=C1NC(=Nc2cccc(Cl)c2Cl)S/C1=C/c1ccc(-c2ccccc2[N+](=O)[O-])o1. The van der Waals surface area contributed by atoms with Gasteiger partial charge in [0.15, 0.2) is 5.17 Å². The van der Waals surface area contributed by atoms with E-state index in [1.807, 2.05) is 0 Å². The molecule has 0 atom stereocenters. The maximum atomic E-state index is 12.3. The van der Waals surface area contributed by atoms with Gasteiger partial charge in [0.2, 0.25) is 0 Å². The molecule has 2 aromatic carbocycles. The first-order valence-corrected chi connectivity index (χ1v) is 10.1. The first-order chi connectivity index (χ1) is 14.4. The number of nitrogens with zero attached hydrogens (tertiary/aromatic N) is 2. The molecular formula is C20H11Cl2N3O4S. The lowest BCUT2D eigenvalue weighted by atomic mass is 10.1. The molecule has 2 heterocycles. The highest BCUT2D eigenvalue weighted by Gasteiger charge is 2.25. The van der Waals surface area contributed by atoms with Gasteiger partial charge in [-0.05, 0) is 42.1 Å². The molecule has 0 spiro atoms. The number of hydrogen-bond donors (Lipinski definition) is 1. The lowest BCUT2D eigenvalue weighted by Gasteiger charge is -2.00. The van der Waals surface area contributed by atoms with Gasteiger partial charge in [0.1, 0.15) is 11.5 Å². The van der Waals surface area contributed by atoms with Crippen molar-refractivity contribution < 1.29 is 14.1 Å². The van der Waals surface area contributed by atoms with Crippen molar-refractivity contribution in [3.8, 4) is 11.3 Å². The number of nitrogens with one attached hydrogen (secondary N) is 1. The van der Waals surface area contributed by atoms with Crippen LogP contribution in [0.2, 0.25) is 10.0 Å². The summed E-state index contributed by atoms with van der Waals surface area (Å²) in [5.41, 5.74) is 0.727. The Morgan fingerprint density at radius 1 is 1.10 bits per heavy atom. The summed E-state index contributed by atoms with van der Waals surface area (Å²) in [6.45, 7) is 0. The van der Waals surface area contributed by atoms with Crippen LogP contribution in [0.5, 0.6) is 0 Å². The van der Waals surface area contributed by atoms with Crippen molar-refractivity contribution in [2.75, 3.05) is 0 Å². The zero-order chi connectivity index (χ0) is 21.3. The first kappa shape index (κ1) is 20.2. The molecule has 1 saturated heterocycles. The van der Waals surface area contributed by atoms with E-state index in [0.29, 0.717) is 42.9 Å². The maximum Gasteiger partial charge on any atom is 0.280 e. The fourth-order valence-electron chi connectivity index (χ4n) is 2.71. The highest BCUT2D eigenvalue weighted by molar-refractivity contribution is 8.18. The lowest BCUT2D eigenvalue weighted by Crippen LogP contribution is -2.19. The molecule has 7 nitrogen and oxygen atoms in total. The number of amides is 1. The predicted molar refractivity (Wildman–Crippen MR) is 118 cm³/mol. The van der Waals surface area contributed by atoms with E-state index in [4.69, 9.17) is 27.6 Å². The molecule has 0 saturated carbocycles. The van der Waals surface area contributed by atoms with Crippen LogP contribution in [0.15, 0.2) is 68.9 Å². The van der Waals surface area contributed by atoms with E-state index in [9.17, 15) is 14.9 Å². The minimum absolute atomic E-state index is 0.0631. The molecule has 1 aliphatic rings. The van der Waals surface area contributed by atoms with Crippen molar-refractivity contribution in [2.45, 2.75) is 0 Å². The topological polar surface area (TPSA) is 97.7 Å². The summed E-state index contributed by atoms with van der Waals surface area (Å²) >= 11 is 13.2. The number of nitro groups is 1. The van der Waals surface area contributed by atoms with E-state index >= 15 is 0 Å². The average molecular weight is 460 g/mol. The number of benzene rings is 2. The Morgan fingerprint density at radius 2 is 1.90 bits per heavy atom. The van der Waals surface area contributed by atoms with E-state index in [2.05, 4.69) is 10.3 Å². The van der Waals surface area contributed by atoms with Crippen LogP contribution in [0.3, 0.4) is 0 Å². The third kappa shape index (κ3) is 4.11. The van der Waals surface area contributed by atoms with E-state index in [-0.39, 0.29) is 11.6 Å². The van der Waals surface area contributed by atoms with Gasteiger partial charge in [-0.2, -0.15) is 0 Å². The monoisotopic (exact) mass is 459 g/mol. The fourth-order valence-corrected chi connectivity index (χ4v) is 3.87. The summed E-state index contributed by atoms with van der Waals surface area (Å²) in [7, 11) is 0. The minimum Gasteiger partial charge on any atom is -0.456 e. The van der Waals surface area contributed by atoms with E-state index in [1.54, 1.807) is 54.6 Å². The van der Waals surface area contributed by atoms with Gasteiger partial charge in [0.25, 0.3) is 11.6 Å². The Balaban J connectivity index is 1.60. The zero-order valence-electron chi connectivity index (χ0n) is 15.0. The number of thioether (sulfide) groups is 1. The van der Waals surface area contributed by atoms with E-state index in [0.717, 1.165) is 11.8 Å². The van der Waals surface area contributed by atoms with Crippen molar-refractivity contribution in [1.82, 2.24) is 5.32 Å². The number of para-hydroxylation sites is 1. The molecule has 10 heteroatoms. The van der Waals surface area contributed by atoms with Gasteiger partial charge in [-0.3, -0.25) is 14.9 Å². The van der Waals surface area contributed by atoms with Crippen molar-refractivity contribution in [3.05, 3.63) is 85.4 Å². The summed E-state index contributed by atoms with van der Waals surface area (Å²) < 4.78 is 5.71. The van der Waals surface area contributed by atoms with Crippen LogP contribution in [0, 0.1) is 10.1 Å². The van der Waals surface area contributed by atoms with Crippen LogP contribution < -0.4 is 5.32 Å². The number of nitro benzene ring substituents is 1. The Morgan fingerprint density at radius 3 is 2.70 bits per heavy atom. The van der Waals surface area contributed by atoms with Gasteiger partial charge in [0.05, 0.1) is 31.1 Å². The molecule has 3 aromatic rings. The van der Waals surface area contributed by atoms with Crippen LogP contribution in [0.4, 0.5) is 11.4 Å². The Labute approximate surface area is 184 Å². The molecule has 4 rings (SSSR count). The molecule has 30 heavy (non-hydrogen) atoms. The summed E-state index contributed by atoms with van der Waals surface area (Å²) in [5, 5.41) is 14.9. The molecule has 0 radical (unpaired) electrons. The quantitative estimate of drug-likeness (QED) is 0.290. The molecule has 0 unspecified atom stereocenters. The highest BCUT2D eigenvalue weighted by atomic mass is 35.5. The first-order valence-electron chi connectivity index (χ1n) is 8.49. The Hall–Kier alpha value is -3.07. The summed E-state index contributed by atoms with van der Waals surface area (Å²) in [6.07, 6.45) is 1.54.